The molecule has 0 atom stereocenters. The number of halogens is 5. The van der Waals surface area contributed by atoms with Gasteiger partial charge in [0, 0.05) is 0 Å². The molecule has 7 heteroatoms. The Morgan fingerprint density at radius 2 is 1.86 bits per heavy atom. The van der Waals surface area contributed by atoms with Gasteiger partial charge in [0.2, 0.25) is 0 Å². The number of hydrogen-bond acceptors (Lipinski definition) is 2. The summed E-state index contributed by atoms with van der Waals surface area (Å²) < 4.78 is 51.4. The van der Waals surface area contributed by atoms with Gasteiger partial charge in [-0.05, 0) is 12.1 Å². The minimum atomic E-state index is -4.96. The van der Waals surface area contributed by atoms with Crippen LogP contribution in [0.4, 0.5) is 23.2 Å². The lowest BCUT2D eigenvalue weighted by Gasteiger charge is -2.10. The number of nitrogens with two attached hydrogens (primary N) is 1. The summed E-state index contributed by atoms with van der Waals surface area (Å²) in [6.07, 6.45) is -4.96. The fraction of sp³-hybridized carbons (Fsp3) is 0.143. The van der Waals surface area contributed by atoms with E-state index in [-0.39, 0.29) is 5.02 Å². The molecule has 78 valence electrons. The zero-order valence-electron chi connectivity index (χ0n) is 6.53. The summed E-state index contributed by atoms with van der Waals surface area (Å²) in [5.41, 5.74) is 4.47. The summed E-state index contributed by atoms with van der Waals surface area (Å²) in [5.74, 6) is -2.32. The molecule has 0 spiro atoms. The predicted octanol–water partition coefficient (Wildman–Crippen LogP) is 2.96. The van der Waals surface area contributed by atoms with Gasteiger partial charge in [-0.1, -0.05) is 11.6 Å². The van der Waals surface area contributed by atoms with Crippen LogP contribution in [0.1, 0.15) is 0 Å². The second-order valence-corrected chi connectivity index (χ2v) is 2.73. The highest BCUT2D eigenvalue weighted by atomic mass is 35.5. The van der Waals surface area contributed by atoms with Gasteiger partial charge in [0.15, 0.2) is 11.6 Å². The van der Waals surface area contributed by atoms with Crippen molar-refractivity contribution in [3.05, 3.63) is 23.0 Å². The van der Waals surface area contributed by atoms with Gasteiger partial charge < -0.3 is 10.5 Å². The number of ether oxygens (including phenoxy) is 1. The van der Waals surface area contributed by atoms with Crippen LogP contribution in [0, 0.1) is 5.82 Å². The Morgan fingerprint density at radius 1 is 1.29 bits per heavy atom. The fourth-order valence-corrected chi connectivity index (χ4v) is 0.899. The van der Waals surface area contributed by atoms with Crippen LogP contribution in [0.25, 0.3) is 0 Å². The van der Waals surface area contributed by atoms with E-state index >= 15 is 0 Å². The molecule has 0 aromatic heterocycles. The Morgan fingerprint density at radius 3 is 2.36 bits per heavy atom. The van der Waals surface area contributed by atoms with Crippen LogP contribution in [0.15, 0.2) is 12.1 Å². The highest BCUT2D eigenvalue weighted by Gasteiger charge is 2.32. The second-order valence-electron chi connectivity index (χ2n) is 2.32. The second kappa shape index (κ2) is 3.53. The van der Waals surface area contributed by atoms with Crippen LogP contribution in [-0.4, -0.2) is 6.36 Å². The maximum absolute atomic E-state index is 13.0. The van der Waals surface area contributed by atoms with Gasteiger partial charge in [0.1, 0.15) is 0 Å². The molecule has 0 saturated carbocycles. The molecule has 0 bridgehead atoms. The van der Waals surface area contributed by atoms with E-state index in [4.69, 9.17) is 17.3 Å². The lowest BCUT2D eigenvalue weighted by atomic mass is 10.3. The van der Waals surface area contributed by atoms with Crippen molar-refractivity contribution in [1.82, 2.24) is 0 Å². The molecule has 0 unspecified atom stereocenters. The molecule has 0 aliphatic rings. The molecule has 0 aliphatic heterocycles. The van der Waals surface area contributed by atoms with E-state index in [1.165, 1.54) is 0 Å². The highest BCUT2D eigenvalue weighted by molar-refractivity contribution is 6.33. The Balaban J connectivity index is 3.06. The van der Waals surface area contributed by atoms with Crippen molar-refractivity contribution >= 4 is 17.3 Å². The van der Waals surface area contributed by atoms with Crippen molar-refractivity contribution in [2.45, 2.75) is 6.36 Å². The number of hydrogen-bond donors (Lipinski definition) is 1. The van der Waals surface area contributed by atoms with Crippen molar-refractivity contribution in [1.29, 1.82) is 0 Å². The van der Waals surface area contributed by atoms with E-state index in [1.54, 1.807) is 0 Å². The molecule has 0 saturated heterocycles. The molecule has 1 aromatic rings. The topological polar surface area (TPSA) is 35.2 Å². The minimum Gasteiger partial charge on any atom is -0.403 e. The van der Waals surface area contributed by atoms with Gasteiger partial charge in [0.05, 0.1) is 10.7 Å². The Kier molecular flexibility index (Phi) is 2.75. The maximum Gasteiger partial charge on any atom is 0.573 e. The van der Waals surface area contributed by atoms with Gasteiger partial charge in [-0.2, -0.15) is 0 Å². The predicted molar refractivity (Wildman–Crippen MR) is 42.5 cm³/mol. The molecular formula is C7H4ClF4NO. The third-order valence-corrected chi connectivity index (χ3v) is 1.65. The molecule has 0 radical (unpaired) electrons. The largest absolute Gasteiger partial charge is 0.573 e. The molecular weight excluding hydrogens is 226 g/mol. The standard InChI is InChI=1S/C7H4ClF4NO/c8-3-1-2-4(5(9)6(3)13)14-7(10,11)12/h1-2H,13H2. The van der Waals surface area contributed by atoms with Gasteiger partial charge >= 0.3 is 6.36 Å². The van der Waals surface area contributed by atoms with Gasteiger partial charge in [0.25, 0.3) is 0 Å². The summed E-state index contributed by atoms with van der Waals surface area (Å²) in [5, 5.41) is -0.169. The zero-order valence-corrected chi connectivity index (χ0v) is 7.29. The summed E-state index contributed by atoms with van der Waals surface area (Å²) in [7, 11) is 0. The molecule has 0 fully saturated rings. The first-order chi connectivity index (χ1) is 6.31. The van der Waals surface area contributed by atoms with Gasteiger partial charge in [-0.3, -0.25) is 0 Å². The van der Waals surface area contributed by atoms with E-state index in [9.17, 15) is 17.6 Å². The monoisotopic (exact) mass is 229 g/mol. The van der Waals surface area contributed by atoms with Crippen LogP contribution in [0.3, 0.4) is 0 Å². The average Bonchev–Trinajstić information content (AvgIpc) is 2.04. The molecule has 2 N–H and O–H groups in total. The maximum atomic E-state index is 13.0. The summed E-state index contributed by atoms with van der Waals surface area (Å²) >= 11 is 5.36. The van der Waals surface area contributed by atoms with Gasteiger partial charge in [-0.15, -0.1) is 13.2 Å². The number of rotatable bonds is 1. The molecule has 1 rings (SSSR count). The normalized spacial score (nSPS) is 11.5. The first kappa shape index (κ1) is 10.9. The average molecular weight is 230 g/mol. The van der Waals surface area contributed by atoms with Crippen molar-refractivity contribution in [2.24, 2.45) is 0 Å². The first-order valence-electron chi connectivity index (χ1n) is 3.30. The SMILES string of the molecule is Nc1c(Cl)ccc(OC(F)(F)F)c1F. The molecule has 1 aromatic carbocycles. The lowest BCUT2D eigenvalue weighted by molar-refractivity contribution is -0.275. The number of alkyl halides is 3. The van der Waals surface area contributed by atoms with Crippen LogP contribution in [-0.2, 0) is 0 Å². The van der Waals surface area contributed by atoms with Crippen molar-refractivity contribution in [3.8, 4) is 5.75 Å². The van der Waals surface area contributed by atoms with E-state index in [0.29, 0.717) is 0 Å². The summed E-state index contributed by atoms with van der Waals surface area (Å²) in [6, 6.07) is 1.77. The number of anilines is 1. The lowest BCUT2D eigenvalue weighted by Crippen LogP contribution is -2.18. The Hall–Kier alpha value is -1.17. The molecule has 0 amide bonds. The summed E-state index contributed by atoms with van der Waals surface area (Å²) in [6.45, 7) is 0. The molecule has 14 heavy (non-hydrogen) atoms. The van der Waals surface area contributed by atoms with E-state index in [1.807, 2.05) is 0 Å². The van der Waals surface area contributed by atoms with Gasteiger partial charge in [-0.25, -0.2) is 4.39 Å². The third-order valence-electron chi connectivity index (χ3n) is 1.32. The quantitative estimate of drug-likeness (QED) is 0.594. The van der Waals surface area contributed by atoms with Crippen LogP contribution >= 0.6 is 11.6 Å². The smallest absolute Gasteiger partial charge is 0.403 e. The van der Waals surface area contributed by atoms with E-state index in [0.717, 1.165) is 12.1 Å². The fourth-order valence-electron chi connectivity index (χ4n) is 0.753. The van der Waals surface area contributed by atoms with Crippen molar-refractivity contribution in [2.75, 3.05) is 5.73 Å². The van der Waals surface area contributed by atoms with E-state index in [2.05, 4.69) is 4.74 Å². The molecule has 0 heterocycles. The number of benzene rings is 1. The van der Waals surface area contributed by atoms with Crippen LogP contribution in [0.2, 0.25) is 5.02 Å². The summed E-state index contributed by atoms with van der Waals surface area (Å²) in [4.78, 5) is 0. The van der Waals surface area contributed by atoms with Crippen molar-refractivity contribution < 1.29 is 22.3 Å². The Labute approximate surface area is 81.2 Å². The van der Waals surface area contributed by atoms with Crippen LogP contribution in [0.5, 0.6) is 5.75 Å². The Bertz CT molecular complexity index is 352. The van der Waals surface area contributed by atoms with Crippen molar-refractivity contribution in [3.63, 3.8) is 0 Å². The molecule has 0 aliphatic carbocycles. The third kappa shape index (κ3) is 2.41. The zero-order chi connectivity index (χ0) is 10.9. The first-order valence-corrected chi connectivity index (χ1v) is 3.68. The minimum absolute atomic E-state index is 0.169. The van der Waals surface area contributed by atoms with E-state index < -0.39 is 23.6 Å². The number of nitrogen functional groups attached to an aromatic ring is 1. The highest BCUT2D eigenvalue weighted by Crippen LogP contribution is 2.32. The molecule has 2 nitrogen and oxygen atoms in total. The van der Waals surface area contributed by atoms with Crippen LogP contribution < -0.4 is 10.5 Å².